The molecule has 0 aliphatic rings. The number of rotatable bonds is 5. The van der Waals surface area contributed by atoms with E-state index in [-0.39, 0.29) is 11.2 Å². The molecule has 3 heteroatoms. The minimum absolute atomic E-state index is 0.241. The van der Waals surface area contributed by atoms with Gasteiger partial charge in [-0.05, 0) is 31.6 Å². The van der Waals surface area contributed by atoms with Crippen LogP contribution < -0.4 is 0 Å². The predicted octanol–water partition coefficient (Wildman–Crippen LogP) is 3.44. The number of hydrogen-bond donors (Lipinski definition) is 0. The highest BCUT2D eigenvalue weighted by Gasteiger charge is 2.22. The highest BCUT2D eigenvalue weighted by atomic mass is 32.2. The first-order valence-electron chi connectivity index (χ1n) is 5.44. The Morgan fingerprint density at radius 1 is 1.47 bits per heavy atom. The molecule has 0 bridgehead atoms. The van der Waals surface area contributed by atoms with Gasteiger partial charge in [-0.25, -0.2) is 0 Å². The normalized spacial score (nSPS) is 11.4. The smallest absolute Gasteiger partial charge is 0.324 e. The van der Waals surface area contributed by atoms with Crippen LogP contribution >= 0.6 is 11.8 Å². The van der Waals surface area contributed by atoms with E-state index in [9.17, 15) is 4.79 Å². The molecule has 1 rings (SSSR count). The standard InChI is InChI=1S/C14H16O2S/c1-4-11(3)13(14(15)16-5-2)17-12-9-7-6-8-10-12/h6-10,13H,1,5H2,2-3H3. The van der Waals surface area contributed by atoms with Crippen molar-refractivity contribution < 1.29 is 9.53 Å². The molecule has 0 saturated carbocycles. The molecule has 0 saturated heterocycles. The Kier molecular flexibility index (Phi) is 5.61. The van der Waals surface area contributed by atoms with Crippen LogP contribution in [0.3, 0.4) is 0 Å². The topological polar surface area (TPSA) is 26.3 Å². The lowest BCUT2D eigenvalue weighted by molar-refractivity contribution is -0.141. The fraction of sp³-hybridized carbons (Fsp3) is 0.286. The number of hydrogen-bond acceptors (Lipinski definition) is 3. The first-order valence-corrected chi connectivity index (χ1v) is 6.32. The Balaban J connectivity index is 2.85. The summed E-state index contributed by atoms with van der Waals surface area (Å²) in [6, 6.07) is 9.76. The fourth-order valence-corrected chi connectivity index (χ4v) is 2.27. The van der Waals surface area contributed by atoms with Crippen LogP contribution in [0.5, 0.6) is 0 Å². The minimum Gasteiger partial charge on any atom is -0.465 e. The number of thioether (sulfide) groups is 1. The first-order chi connectivity index (χ1) is 8.19. The number of ether oxygens (including phenoxy) is 1. The van der Waals surface area contributed by atoms with E-state index < -0.39 is 0 Å². The molecule has 0 amide bonds. The second-order valence-corrected chi connectivity index (χ2v) is 4.60. The van der Waals surface area contributed by atoms with E-state index in [1.54, 1.807) is 6.92 Å². The van der Waals surface area contributed by atoms with Crippen molar-refractivity contribution in [1.82, 2.24) is 0 Å². The Morgan fingerprint density at radius 3 is 2.65 bits per heavy atom. The Hall–Kier alpha value is -1.44. The lowest BCUT2D eigenvalue weighted by Crippen LogP contribution is -2.21. The van der Waals surface area contributed by atoms with E-state index in [1.807, 2.05) is 37.3 Å². The second kappa shape index (κ2) is 7.00. The van der Waals surface area contributed by atoms with Crippen molar-refractivity contribution in [2.45, 2.75) is 24.0 Å². The summed E-state index contributed by atoms with van der Waals surface area (Å²) in [6.45, 7) is 7.61. The van der Waals surface area contributed by atoms with Crippen molar-refractivity contribution in [3.63, 3.8) is 0 Å². The molecule has 0 spiro atoms. The van der Waals surface area contributed by atoms with E-state index in [1.165, 1.54) is 11.8 Å². The van der Waals surface area contributed by atoms with Gasteiger partial charge in [0.2, 0.25) is 0 Å². The van der Waals surface area contributed by atoms with Crippen molar-refractivity contribution in [3.8, 4) is 0 Å². The number of carbonyl (C=O) groups excluding carboxylic acids is 1. The highest BCUT2D eigenvalue weighted by Crippen LogP contribution is 2.28. The van der Waals surface area contributed by atoms with Gasteiger partial charge in [0.15, 0.2) is 0 Å². The third-order valence-corrected chi connectivity index (χ3v) is 3.50. The molecule has 0 aromatic heterocycles. The van der Waals surface area contributed by atoms with Gasteiger partial charge in [0.25, 0.3) is 0 Å². The molecule has 1 aromatic rings. The zero-order chi connectivity index (χ0) is 12.7. The summed E-state index contributed by atoms with van der Waals surface area (Å²) in [5.74, 6) is -0.241. The third-order valence-electron chi connectivity index (χ3n) is 2.17. The third kappa shape index (κ3) is 4.14. The molecule has 17 heavy (non-hydrogen) atoms. The summed E-state index contributed by atoms with van der Waals surface area (Å²) in [4.78, 5) is 12.8. The Labute approximate surface area is 106 Å². The van der Waals surface area contributed by atoms with Crippen molar-refractivity contribution in [2.24, 2.45) is 0 Å². The van der Waals surface area contributed by atoms with Gasteiger partial charge >= 0.3 is 5.97 Å². The summed E-state index contributed by atoms with van der Waals surface area (Å²) >= 11 is 1.46. The fourth-order valence-electron chi connectivity index (χ4n) is 1.26. The average molecular weight is 248 g/mol. The maximum absolute atomic E-state index is 11.8. The van der Waals surface area contributed by atoms with Crippen molar-refractivity contribution in [2.75, 3.05) is 6.61 Å². The lowest BCUT2D eigenvalue weighted by Gasteiger charge is -2.14. The van der Waals surface area contributed by atoms with Crippen LogP contribution in [0.15, 0.2) is 53.1 Å². The SMILES string of the molecule is C=C=C(C)C(Sc1ccccc1)C(=O)OCC. The molecular formula is C14H16O2S. The van der Waals surface area contributed by atoms with Crippen LogP contribution in [0.4, 0.5) is 0 Å². The molecule has 0 radical (unpaired) electrons. The summed E-state index contributed by atoms with van der Waals surface area (Å²) in [5, 5.41) is -0.366. The molecule has 1 atom stereocenters. The van der Waals surface area contributed by atoms with Crippen LogP contribution in [0.1, 0.15) is 13.8 Å². The highest BCUT2D eigenvalue weighted by molar-refractivity contribution is 8.00. The van der Waals surface area contributed by atoms with Gasteiger partial charge in [0.05, 0.1) is 6.61 Å². The van der Waals surface area contributed by atoms with Gasteiger partial charge in [0.1, 0.15) is 5.25 Å². The molecule has 1 aromatic carbocycles. The lowest BCUT2D eigenvalue weighted by atomic mass is 10.2. The van der Waals surface area contributed by atoms with E-state index in [2.05, 4.69) is 12.3 Å². The van der Waals surface area contributed by atoms with Crippen molar-refractivity contribution in [3.05, 3.63) is 48.2 Å². The van der Waals surface area contributed by atoms with Gasteiger partial charge < -0.3 is 4.74 Å². The molecule has 0 heterocycles. The molecule has 0 aliphatic carbocycles. The van der Waals surface area contributed by atoms with Gasteiger partial charge in [-0.15, -0.1) is 17.5 Å². The molecule has 2 nitrogen and oxygen atoms in total. The Bertz CT molecular complexity index is 419. The average Bonchev–Trinajstić information content (AvgIpc) is 2.36. The summed E-state index contributed by atoms with van der Waals surface area (Å²) < 4.78 is 5.05. The molecule has 0 N–H and O–H groups in total. The van der Waals surface area contributed by atoms with Crippen molar-refractivity contribution >= 4 is 17.7 Å². The maximum atomic E-state index is 11.8. The minimum atomic E-state index is -0.366. The zero-order valence-electron chi connectivity index (χ0n) is 10.1. The van der Waals surface area contributed by atoms with Crippen LogP contribution in [0.25, 0.3) is 0 Å². The van der Waals surface area contributed by atoms with Gasteiger partial charge in [0, 0.05) is 4.90 Å². The number of benzene rings is 1. The van der Waals surface area contributed by atoms with Gasteiger partial charge in [-0.2, -0.15) is 0 Å². The van der Waals surface area contributed by atoms with Gasteiger partial charge in [-0.3, -0.25) is 4.79 Å². The molecule has 0 aliphatic heterocycles. The maximum Gasteiger partial charge on any atom is 0.324 e. The van der Waals surface area contributed by atoms with E-state index in [0.29, 0.717) is 6.61 Å². The molecule has 0 fully saturated rings. The zero-order valence-corrected chi connectivity index (χ0v) is 10.9. The first kappa shape index (κ1) is 13.6. The Morgan fingerprint density at radius 2 is 2.12 bits per heavy atom. The van der Waals surface area contributed by atoms with Crippen LogP contribution in [0.2, 0.25) is 0 Å². The van der Waals surface area contributed by atoms with E-state index in [4.69, 9.17) is 4.74 Å². The second-order valence-electron chi connectivity index (χ2n) is 3.42. The van der Waals surface area contributed by atoms with E-state index in [0.717, 1.165) is 10.5 Å². The molecular weight excluding hydrogens is 232 g/mol. The summed E-state index contributed by atoms with van der Waals surface area (Å²) in [6.07, 6.45) is 0. The summed E-state index contributed by atoms with van der Waals surface area (Å²) in [7, 11) is 0. The van der Waals surface area contributed by atoms with Gasteiger partial charge in [-0.1, -0.05) is 24.8 Å². The number of carbonyl (C=O) groups is 1. The van der Waals surface area contributed by atoms with Crippen LogP contribution in [0, 0.1) is 0 Å². The number of esters is 1. The molecule has 90 valence electrons. The quantitative estimate of drug-likeness (QED) is 0.453. The molecule has 1 unspecified atom stereocenters. The van der Waals surface area contributed by atoms with Crippen LogP contribution in [-0.2, 0) is 9.53 Å². The summed E-state index contributed by atoms with van der Waals surface area (Å²) in [5.41, 5.74) is 3.56. The van der Waals surface area contributed by atoms with E-state index >= 15 is 0 Å². The monoisotopic (exact) mass is 248 g/mol. The predicted molar refractivity (Wildman–Crippen MR) is 71.0 cm³/mol. The van der Waals surface area contributed by atoms with Crippen LogP contribution in [-0.4, -0.2) is 17.8 Å². The largest absolute Gasteiger partial charge is 0.465 e. The van der Waals surface area contributed by atoms with Crippen molar-refractivity contribution in [1.29, 1.82) is 0 Å².